The van der Waals surface area contributed by atoms with Gasteiger partial charge in [0.25, 0.3) is 0 Å². The number of thioether (sulfide) groups is 1. The monoisotopic (exact) mass is 214 g/mol. The molecule has 1 amide bonds. The van der Waals surface area contributed by atoms with E-state index < -0.39 is 0 Å². The molecule has 0 aromatic rings. The van der Waals surface area contributed by atoms with Crippen LogP contribution in [-0.2, 0) is 4.79 Å². The van der Waals surface area contributed by atoms with Crippen LogP contribution in [0.3, 0.4) is 0 Å². The lowest BCUT2D eigenvalue weighted by Crippen LogP contribution is -2.46. The van der Waals surface area contributed by atoms with Crippen LogP contribution in [0.15, 0.2) is 0 Å². The summed E-state index contributed by atoms with van der Waals surface area (Å²) in [7, 11) is 0. The SMILES string of the molecule is CCC1NCC(=O)N1C1CCSC1C. The van der Waals surface area contributed by atoms with Gasteiger partial charge < -0.3 is 4.90 Å². The van der Waals surface area contributed by atoms with Crippen LogP contribution >= 0.6 is 11.8 Å². The van der Waals surface area contributed by atoms with Crippen molar-refractivity contribution in [2.24, 2.45) is 0 Å². The minimum Gasteiger partial charge on any atom is -0.322 e. The Morgan fingerprint density at radius 3 is 3.00 bits per heavy atom. The van der Waals surface area contributed by atoms with Crippen molar-refractivity contribution in [3.63, 3.8) is 0 Å². The van der Waals surface area contributed by atoms with E-state index in [0.29, 0.717) is 17.8 Å². The second-order valence-electron chi connectivity index (χ2n) is 4.04. The van der Waals surface area contributed by atoms with Gasteiger partial charge in [0, 0.05) is 11.3 Å². The van der Waals surface area contributed by atoms with E-state index in [1.165, 1.54) is 5.75 Å². The topological polar surface area (TPSA) is 32.3 Å². The average molecular weight is 214 g/mol. The summed E-state index contributed by atoms with van der Waals surface area (Å²) in [6, 6.07) is 0.465. The highest BCUT2D eigenvalue weighted by atomic mass is 32.2. The molecule has 3 atom stereocenters. The first-order valence-corrected chi connectivity index (χ1v) is 6.45. The van der Waals surface area contributed by atoms with E-state index in [1.807, 2.05) is 11.8 Å². The maximum absolute atomic E-state index is 11.7. The van der Waals surface area contributed by atoms with Crippen molar-refractivity contribution < 1.29 is 4.79 Å². The third-order valence-corrected chi connectivity index (χ3v) is 4.50. The van der Waals surface area contributed by atoms with Crippen LogP contribution in [0, 0.1) is 0 Å². The molecule has 4 heteroatoms. The molecule has 2 aliphatic heterocycles. The summed E-state index contributed by atoms with van der Waals surface area (Å²) >= 11 is 1.99. The van der Waals surface area contributed by atoms with Gasteiger partial charge in [-0.25, -0.2) is 0 Å². The van der Waals surface area contributed by atoms with Crippen LogP contribution in [0.4, 0.5) is 0 Å². The van der Waals surface area contributed by atoms with Gasteiger partial charge in [-0.1, -0.05) is 13.8 Å². The van der Waals surface area contributed by atoms with Crippen LogP contribution in [0.1, 0.15) is 26.7 Å². The van der Waals surface area contributed by atoms with Crippen molar-refractivity contribution in [3.05, 3.63) is 0 Å². The highest BCUT2D eigenvalue weighted by Gasteiger charge is 2.39. The number of amides is 1. The Morgan fingerprint density at radius 1 is 1.64 bits per heavy atom. The molecule has 0 radical (unpaired) electrons. The predicted octanol–water partition coefficient (Wildman–Crippen LogP) is 1.05. The number of rotatable bonds is 2. The Balaban J connectivity index is 2.10. The fraction of sp³-hybridized carbons (Fsp3) is 0.900. The molecule has 14 heavy (non-hydrogen) atoms. The first kappa shape index (κ1) is 10.3. The van der Waals surface area contributed by atoms with Gasteiger partial charge in [-0.2, -0.15) is 11.8 Å². The summed E-state index contributed by atoms with van der Waals surface area (Å²) in [5.74, 6) is 1.49. The Hall–Kier alpha value is -0.220. The Kier molecular flexibility index (Phi) is 3.02. The zero-order valence-electron chi connectivity index (χ0n) is 8.82. The number of carbonyl (C=O) groups is 1. The minimum atomic E-state index is 0.286. The molecule has 0 aromatic heterocycles. The minimum absolute atomic E-state index is 0.286. The third kappa shape index (κ3) is 1.65. The third-order valence-electron chi connectivity index (χ3n) is 3.19. The van der Waals surface area contributed by atoms with Crippen molar-refractivity contribution in [2.75, 3.05) is 12.3 Å². The molecule has 2 rings (SSSR count). The molecule has 2 saturated heterocycles. The van der Waals surface area contributed by atoms with Crippen molar-refractivity contribution >= 4 is 17.7 Å². The fourth-order valence-corrected chi connectivity index (χ4v) is 3.65. The van der Waals surface area contributed by atoms with Gasteiger partial charge >= 0.3 is 0 Å². The largest absolute Gasteiger partial charge is 0.322 e. The summed E-state index contributed by atoms with van der Waals surface area (Å²) in [5.41, 5.74) is 0. The number of nitrogens with zero attached hydrogens (tertiary/aromatic N) is 1. The van der Waals surface area contributed by atoms with Gasteiger partial charge in [0.1, 0.15) is 0 Å². The highest BCUT2D eigenvalue weighted by molar-refractivity contribution is 8.00. The Bertz CT molecular complexity index is 234. The normalized spacial score (nSPS) is 38.3. The molecular weight excluding hydrogens is 196 g/mol. The molecular formula is C10H18N2OS. The van der Waals surface area contributed by atoms with Gasteiger partial charge in [0.05, 0.1) is 12.7 Å². The molecule has 2 aliphatic rings. The van der Waals surface area contributed by atoms with E-state index in [4.69, 9.17) is 0 Å². The smallest absolute Gasteiger partial charge is 0.238 e. The van der Waals surface area contributed by atoms with Gasteiger partial charge in [-0.15, -0.1) is 0 Å². The van der Waals surface area contributed by atoms with Crippen LogP contribution in [0.2, 0.25) is 0 Å². The van der Waals surface area contributed by atoms with E-state index in [-0.39, 0.29) is 12.1 Å². The van der Waals surface area contributed by atoms with E-state index in [1.54, 1.807) is 0 Å². The van der Waals surface area contributed by atoms with Gasteiger partial charge in [-0.05, 0) is 18.6 Å². The lowest BCUT2D eigenvalue weighted by molar-refractivity contribution is -0.130. The number of carbonyl (C=O) groups excluding carboxylic acids is 1. The Morgan fingerprint density at radius 2 is 2.43 bits per heavy atom. The molecule has 1 N–H and O–H groups in total. The standard InChI is InChI=1S/C10H18N2OS/c1-3-9-11-6-10(13)12(9)8-4-5-14-7(8)2/h7-9,11H,3-6H2,1-2H3. The Labute approximate surface area is 89.6 Å². The first-order valence-electron chi connectivity index (χ1n) is 5.40. The molecule has 2 fully saturated rings. The quantitative estimate of drug-likeness (QED) is 0.745. The van der Waals surface area contributed by atoms with Crippen molar-refractivity contribution in [3.8, 4) is 0 Å². The van der Waals surface area contributed by atoms with Crippen LogP contribution in [-0.4, -0.2) is 40.6 Å². The van der Waals surface area contributed by atoms with E-state index in [2.05, 4.69) is 24.1 Å². The first-order chi connectivity index (χ1) is 6.74. The molecule has 0 spiro atoms. The lowest BCUT2D eigenvalue weighted by Gasteiger charge is -2.31. The van der Waals surface area contributed by atoms with E-state index in [9.17, 15) is 4.79 Å². The van der Waals surface area contributed by atoms with Crippen LogP contribution < -0.4 is 5.32 Å². The molecule has 2 heterocycles. The number of hydrogen-bond acceptors (Lipinski definition) is 3. The van der Waals surface area contributed by atoms with Crippen molar-refractivity contribution in [1.29, 1.82) is 0 Å². The second-order valence-corrected chi connectivity index (χ2v) is 5.52. The van der Waals surface area contributed by atoms with Gasteiger partial charge in [0.2, 0.25) is 5.91 Å². The molecule has 3 nitrogen and oxygen atoms in total. The summed E-state index contributed by atoms with van der Waals surface area (Å²) < 4.78 is 0. The molecule has 80 valence electrons. The van der Waals surface area contributed by atoms with Crippen molar-refractivity contribution in [2.45, 2.75) is 44.1 Å². The highest BCUT2D eigenvalue weighted by Crippen LogP contribution is 2.32. The number of nitrogens with one attached hydrogen (secondary N) is 1. The summed E-state index contributed by atoms with van der Waals surface area (Å²) in [4.78, 5) is 13.8. The van der Waals surface area contributed by atoms with E-state index in [0.717, 1.165) is 12.8 Å². The van der Waals surface area contributed by atoms with Crippen LogP contribution in [0.5, 0.6) is 0 Å². The zero-order valence-corrected chi connectivity index (χ0v) is 9.64. The zero-order chi connectivity index (χ0) is 10.1. The second kappa shape index (κ2) is 4.11. The molecule has 0 bridgehead atoms. The van der Waals surface area contributed by atoms with Crippen LogP contribution in [0.25, 0.3) is 0 Å². The maximum Gasteiger partial charge on any atom is 0.238 e. The predicted molar refractivity (Wildman–Crippen MR) is 59.3 cm³/mol. The summed E-state index contributed by atoms with van der Waals surface area (Å²) in [5, 5.41) is 3.88. The lowest BCUT2D eigenvalue weighted by atomic mass is 10.1. The fourth-order valence-electron chi connectivity index (χ4n) is 2.41. The number of hydrogen-bond donors (Lipinski definition) is 1. The van der Waals surface area contributed by atoms with Gasteiger partial charge in [-0.3, -0.25) is 10.1 Å². The molecule has 0 aliphatic carbocycles. The molecule has 0 saturated carbocycles. The molecule has 3 unspecified atom stereocenters. The van der Waals surface area contributed by atoms with Crippen molar-refractivity contribution in [1.82, 2.24) is 10.2 Å². The summed E-state index contributed by atoms with van der Waals surface area (Å²) in [6.07, 6.45) is 2.46. The van der Waals surface area contributed by atoms with E-state index >= 15 is 0 Å². The van der Waals surface area contributed by atoms with Gasteiger partial charge in [0.15, 0.2) is 0 Å². The average Bonchev–Trinajstić information content (AvgIpc) is 2.72. The summed E-state index contributed by atoms with van der Waals surface area (Å²) in [6.45, 7) is 4.91. The molecule has 0 aromatic carbocycles. The maximum atomic E-state index is 11.7.